The molecular weight excluding hydrogens is 320 g/mol. The van der Waals surface area contributed by atoms with Gasteiger partial charge in [0.25, 0.3) is 0 Å². The molecule has 1 saturated heterocycles. The number of sulfone groups is 1. The van der Waals surface area contributed by atoms with Crippen LogP contribution in [0.25, 0.3) is 0 Å². The average molecular weight is 331 g/mol. The van der Waals surface area contributed by atoms with E-state index in [9.17, 15) is 26.0 Å². The number of benzene rings is 1. The molecule has 1 aromatic carbocycles. The second-order valence-corrected chi connectivity index (χ2v) is 7.50. The summed E-state index contributed by atoms with van der Waals surface area (Å²) in [7, 11) is -3.18. The van der Waals surface area contributed by atoms with Gasteiger partial charge in [0.05, 0.1) is 22.4 Å². The van der Waals surface area contributed by atoms with E-state index >= 15 is 0 Å². The molecule has 2 rings (SSSR count). The van der Waals surface area contributed by atoms with Gasteiger partial charge in [-0.1, -0.05) is 6.07 Å². The van der Waals surface area contributed by atoms with Gasteiger partial charge in [-0.15, -0.1) is 11.6 Å². The third-order valence-corrected chi connectivity index (χ3v) is 5.70. The molecule has 2 nitrogen and oxygen atoms in total. The predicted octanol–water partition coefficient (Wildman–Crippen LogP) is 3.56. The lowest BCUT2D eigenvalue weighted by atomic mass is 9.96. The molecule has 0 spiro atoms. The van der Waals surface area contributed by atoms with Crippen molar-refractivity contribution in [3.8, 4) is 0 Å². The molecule has 2 unspecified atom stereocenters. The van der Waals surface area contributed by atoms with Crippen molar-refractivity contribution < 1.29 is 26.0 Å². The normalized spacial score (nSPS) is 23.8. The Morgan fingerprint density at radius 1 is 1.30 bits per heavy atom. The Morgan fingerprint density at radius 3 is 2.45 bits per heavy atom. The molecule has 0 bridgehead atoms. The third kappa shape index (κ3) is 3.25. The predicted molar refractivity (Wildman–Crippen MR) is 66.8 cm³/mol. The Morgan fingerprint density at radius 2 is 1.95 bits per heavy atom. The summed E-state index contributed by atoms with van der Waals surface area (Å²) in [4.78, 5) is 0. The zero-order chi connectivity index (χ0) is 15.1. The van der Waals surface area contributed by atoms with Crippen molar-refractivity contribution in [3.63, 3.8) is 0 Å². The van der Waals surface area contributed by atoms with Crippen molar-refractivity contribution in [1.29, 1.82) is 0 Å². The summed E-state index contributed by atoms with van der Waals surface area (Å²) in [5, 5.41) is -0.881. The topological polar surface area (TPSA) is 34.1 Å². The molecule has 0 aliphatic carbocycles. The molecule has 112 valence electrons. The highest BCUT2D eigenvalue weighted by molar-refractivity contribution is 7.91. The maximum absolute atomic E-state index is 13.2. The average Bonchev–Trinajstić information content (AvgIpc) is 2.68. The van der Waals surface area contributed by atoms with Gasteiger partial charge in [-0.05, 0) is 30.0 Å². The summed E-state index contributed by atoms with van der Waals surface area (Å²) >= 11 is 6.06. The zero-order valence-electron chi connectivity index (χ0n) is 10.1. The Hall–Kier alpha value is -0.820. The van der Waals surface area contributed by atoms with Gasteiger partial charge in [0, 0.05) is 0 Å². The summed E-state index contributed by atoms with van der Waals surface area (Å²) in [6.07, 6.45) is -4.51. The summed E-state index contributed by atoms with van der Waals surface area (Å²) in [6, 6.07) is 2.52. The molecule has 0 radical (unpaired) electrons. The number of hydrogen-bond donors (Lipinski definition) is 0. The summed E-state index contributed by atoms with van der Waals surface area (Å²) in [5.41, 5.74) is -1.30. The molecule has 1 aliphatic rings. The van der Waals surface area contributed by atoms with Crippen LogP contribution < -0.4 is 0 Å². The highest BCUT2D eigenvalue weighted by Crippen LogP contribution is 2.39. The lowest BCUT2D eigenvalue weighted by Crippen LogP contribution is -2.13. The first-order valence-corrected chi connectivity index (χ1v) is 8.07. The standard InChI is InChI=1S/C12H11ClF4O2S/c13-11(8-3-4-20(18,19)6-8)7-1-2-10(14)9(5-7)12(15,16)17/h1-2,5,8,11H,3-4,6H2. The number of halogens is 5. The fraction of sp³-hybridized carbons (Fsp3) is 0.500. The van der Waals surface area contributed by atoms with Gasteiger partial charge in [0.1, 0.15) is 5.82 Å². The lowest BCUT2D eigenvalue weighted by molar-refractivity contribution is -0.140. The number of alkyl halides is 4. The molecule has 2 atom stereocenters. The molecule has 0 aromatic heterocycles. The molecule has 1 aliphatic heterocycles. The van der Waals surface area contributed by atoms with E-state index in [1.165, 1.54) is 0 Å². The van der Waals surface area contributed by atoms with Crippen LogP contribution in [0, 0.1) is 11.7 Å². The van der Waals surface area contributed by atoms with Crippen LogP contribution in [-0.2, 0) is 16.0 Å². The van der Waals surface area contributed by atoms with Gasteiger partial charge in [0.15, 0.2) is 9.84 Å². The number of rotatable bonds is 2. The van der Waals surface area contributed by atoms with Crippen LogP contribution in [0.3, 0.4) is 0 Å². The molecule has 0 N–H and O–H groups in total. The van der Waals surface area contributed by atoms with E-state index in [-0.39, 0.29) is 17.1 Å². The molecule has 1 heterocycles. The van der Waals surface area contributed by atoms with Crippen LogP contribution in [0.1, 0.15) is 22.9 Å². The Balaban J connectivity index is 2.30. The van der Waals surface area contributed by atoms with E-state index in [1.807, 2.05) is 0 Å². The van der Waals surface area contributed by atoms with Crippen molar-refractivity contribution in [2.24, 2.45) is 5.92 Å². The monoisotopic (exact) mass is 330 g/mol. The van der Waals surface area contributed by atoms with Crippen molar-refractivity contribution in [1.82, 2.24) is 0 Å². The molecule has 8 heteroatoms. The zero-order valence-corrected chi connectivity index (χ0v) is 11.7. The smallest absolute Gasteiger partial charge is 0.229 e. The van der Waals surface area contributed by atoms with E-state index in [0.29, 0.717) is 18.6 Å². The molecule has 20 heavy (non-hydrogen) atoms. The highest BCUT2D eigenvalue weighted by atomic mass is 35.5. The van der Waals surface area contributed by atoms with Gasteiger partial charge in [0.2, 0.25) is 0 Å². The van der Waals surface area contributed by atoms with Crippen LogP contribution in [-0.4, -0.2) is 19.9 Å². The second kappa shape index (κ2) is 5.18. The fourth-order valence-electron chi connectivity index (χ4n) is 2.26. The maximum atomic E-state index is 13.2. The summed E-state index contributed by atoms with van der Waals surface area (Å²) in [5.74, 6) is -1.99. The first-order valence-electron chi connectivity index (χ1n) is 5.81. The highest BCUT2D eigenvalue weighted by Gasteiger charge is 2.37. The van der Waals surface area contributed by atoms with Gasteiger partial charge in [-0.2, -0.15) is 13.2 Å². The largest absolute Gasteiger partial charge is 0.419 e. The van der Waals surface area contributed by atoms with E-state index in [0.717, 1.165) is 6.07 Å². The van der Waals surface area contributed by atoms with E-state index in [1.54, 1.807) is 0 Å². The van der Waals surface area contributed by atoms with E-state index in [2.05, 4.69) is 0 Å². The van der Waals surface area contributed by atoms with Crippen molar-refractivity contribution in [2.75, 3.05) is 11.5 Å². The first kappa shape index (κ1) is 15.6. The van der Waals surface area contributed by atoms with E-state index in [4.69, 9.17) is 11.6 Å². The van der Waals surface area contributed by atoms with Gasteiger partial charge in [-0.3, -0.25) is 0 Å². The van der Waals surface area contributed by atoms with Gasteiger partial charge >= 0.3 is 6.18 Å². The minimum Gasteiger partial charge on any atom is -0.229 e. The van der Waals surface area contributed by atoms with Crippen molar-refractivity contribution >= 4 is 21.4 Å². The van der Waals surface area contributed by atoms with Crippen LogP contribution in [0.5, 0.6) is 0 Å². The van der Waals surface area contributed by atoms with Crippen molar-refractivity contribution in [3.05, 3.63) is 35.1 Å². The maximum Gasteiger partial charge on any atom is 0.419 e. The Bertz CT molecular complexity index is 612. The van der Waals surface area contributed by atoms with Crippen LogP contribution in [0.15, 0.2) is 18.2 Å². The lowest BCUT2D eigenvalue weighted by Gasteiger charge is -2.18. The molecule has 0 saturated carbocycles. The SMILES string of the molecule is O=S1(=O)CCC(C(Cl)c2ccc(F)c(C(F)(F)F)c2)C1. The Kier molecular flexibility index (Phi) is 4.03. The number of hydrogen-bond acceptors (Lipinski definition) is 2. The summed E-state index contributed by atoms with van der Waals surface area (Å²) in [6.45, 7) is 0. The van der Waals surface area contributed by atoms with E-state index < -0.39 is 38.7 Å². The molecule has 1 fully saturated rings. The van der Waals surface area contributed by atoms with Crippen LogP contribution in [0.2, 0.25) is 0 Å². The quantitative estimate of drug-likeness (QED) is 0.614. The Labute approximate surface area is 118 Å². The summed E-state index contributed by atoms with van der Waals surface area (Å²) < 4.78 is 73.7. The molecule has 1 aromatic rings. The molecular formula is C12H11ClF4O2S. The minimum atomic E-state index is -4.81. The molecule has 0 amide bonds. The minimum absolute atomic E-state index is 0.0196. The van der Waals surface area contributed by atoms with Crippen LogP contribution in [0.4, 0.5) is 17.6 Å². The first-order chi connectivity index (χ1) is 9.10. The van der Waals surface area contributed by atoms with Gasteiger partial charge < -0.3 is 0 Å². The fourth-order valence-corrected chi connectivity index (χ4v) is 4.55. The van der Waals surface area contributed by atoms with Crippen LogP contribution >= 0.6 is 11.6 Å². The van der Waals surface area contributed by atoms with Crippen molar-refractivity contribution in [2.45, 2.75) is 18.0 Å². The van der Waals surface area contributed by atoms with Gasteiger partial charge in [-0.25, -0.2) is 12.8 Å². The third-order valence-electron chi connectivity index (χ3n) is 3.30. The second-order valence-electron chi connectivity index (χ2n) is 4.80.